The quantitative estimate of drug-likeness (QED) is 0.200. The number of methoxy groups -OCH3 is 2. The number of nitrogens with one attached hydrogen (secondary N) is 1. The van der Waals surface area contributed by atoms with E-state index in [9.17, 15) is 22.4 Å². The molecule has 0 aliphatic heterocycles. The lowest BCUT2D eigenvalue weighted by atomic mass is 10.0. The van der Waals surface area contributed by atoms with Crippen LogP contribution in [0.15, 0.2) is 103 Å². The number of halogens is 1. The first-order chi connectivity index (χ1) is 22.1. The first-order valence-electron chi connectivity index (χ1n) is 14.7. The smallest absolute Gasteiger partial charge is 0.247 e. The van der Waals surface area contributed by atoms with Crippen LogP contribution >= 0.6 is 0 Å². The Morgan fingerprint density at radius 2 is 1.37 bits per heavy atom. The van der Waals surface area contributed by atoms with Crippen LogP contribution < -0.4 is 14.8 Å². The Balaban J connectivity index is 1.64. The molecule has 46 heavy (non-hydrogen) atoms. The standard InChI is InChI=1S/C35H38FN3O6S/c1-44-31-19-16-26(22-32(31)45-2)20-21-37-35(41)34(29-12-8-5-9-13-29)39(24-28-14-17-30(36)18-15-28)33(40)25-38(46(3,42)43)23-27-10-6-4-7-11-27/h4-19,22,34H,20-21,23-25H2,1-3H3,(H,37,41)/t34-/m0/s1. The highest BCUT2D eigenvalue weighted by atomic mass is 32.2. The molecule has 0 spiro atoms. The van der Waals surface area contributed by atoms with Gasteiger partial charge in [-0.05, 0) is 52.9 Å². The first kappa shape index (κ1) is 34.1. The van der Waals surface area contributed by atoms with Crippen molar-refractivity contribution in [3.05, 3.63) is 131 Å². The van der Waals surface area contributed by atoms with Gasteiger partial charge in [-0.2, -0.15) is 4.31 Å². The number of rotatable bonds is 15. The van der Waals surface area contributed by atoms with Crippen molar-refractivity contribution >= 4 is 21.8 Å². The average Bonchev–Trinajstić information content (AvgIpc) is 3.05. The van der Waals surface area contributed by atoms with Gasteiger partial charge >= 0.3 is 0 Å². The summed E-state index contributed by atoms with van der Waals surface area (Å²) in [6.45, 7) is -0.342. The Hall–Kier alpha value is -4.74. The summed E-state index contributed by atoms with van der Waals surface area (Å²) in [7, 11) is -0.720. The molecule has 0 radical (unpaired) electrons. The molecule has 11 heteroatoms. The minimum absolute atomic E-state index is 0.0245. The van der Waals surface area contributed by atoms with E-state index in [4.69, 9.17) is 9.47 Å². The Morgan fingerprint density at radius 3 is 1.98 bits per heavy atom. The van der Waals surface area contributed by atoms with Gasteiger partial charge in [0, 0.05) is 19.6 Å². The zero-order valence-corrected chi connectivity index (χ0v) is 26.9. The average molecular weight is 648 g/mol. The van der Waals surface area contributed by atoms with E-state index in [0.717, 1.165) is 16.1 Å². The SMILES string of the molecule is COc1ccc(CCNC(=O)[C@H](c2ccccc2)N(Cc2ccc(F)cc2)C(=O)CN(Cc2ccccc2)S(C)(=O)=O)cc1OC. The van der Waals surface area contributed by atoms with Gasteiger partial charge in [0.05, 0.1) is 27.0 Å². The maximum absolute atomic E-state index is 14.1. The van der Waals surface area contributed by atoms with E-state index in [1.54, 1.807) is 74.9 Å². The number of hydrogen-bond donors (Lipinski definition) is 1. The van der Waals surface area contributed by atoms with E-state index in [2.05, 4.69) is 5.32 Å². The third-order valence-electron chi connectivity index (χ3n) is 7.41. The number of amides is 2. The molecule has 1 N–H and O–H groups in total. The predicted molar refractivity (Wildman–Crippen MR) is 174 cm³/mol. The van der Waals surface area contributed by atoms with Gasteiger partial charge in [-0.3, -0.25) is 9.59 Å². The summed E-state index contributed by atoms with van der Waals surface area (Å²) < 4.78 is 51.2. The van der Waals surface area contributed by atoms with Gasteiger partial charge < -0.3 is 19.7 Å². The summed E-state index contributed by atoms with van der Waals surface area (Å²) in [4.78, 5) is 29.5. The van der Waals surface area contributed by atoms with E-state index in [-0.39, 0.29) is 19.6 Å². The molecule has 9 nitrogen and oxygen atoms in total. The second kappa shape index (κ2) is 16.0. The summed E-state index contributed by atoms with van der Waals surface area (Å²) in [6, 6.07) is 27.7. The minimum Gasteiger partial charge on any atom is -0.493 e. The van der Waals surface area contributed by atoms with Gasteiger partial charge in [0.25, 0.3) is 0 Å². The topological polar surface area (TPSA) is 105 Å². The fraction of sp³-hybridized carbons (Fsp3) is 0.257. The molecule has 4 aromatic carbocycles. The normalized spacial score (nSPS) is 11.9. The third kappa shape index (κ3) is 9.38. The monoisotopic (exact) mass is 647 g/mol. The first-order valence-corrected chi connectivity index (χ1v) is 16.5. The van der Waals surface area contributed by atoms with Crippen LogP contribution in [0.1, 0.15) is 28.3 Å². The van der Waals surface area contributed by atoms with Crippen LogP contribution in [0.4, 0.5) is 4.39 Å². The van der Waals surface area contributed by atoms with Gasteiger partial charge in [-0.15, -0.1) is 0 Å². The van der Waals surface area contributed by atoms with Crippen molar-refractivity contribution in [2.75, 3.05) is 33.6 Å². The molecule has 0 saturated carbocycles. The molecule has 0 aliphatic carbocycles. The molecular formula is C35H38FN3O6S. The molecule has 0 aliphatic rings. The van der Waals surface area contributed by atoms with Crippen LogP contribution in [0.3, 0.4) is 0 Å². The van der Waals surface area contributed by atoms with E-state index >= 15 is 0 Å². The Kier molecular flexibility index (Phi) is 11.9. The van der Waals surface area contributed by atoms with Gasteiger partial charge in [-0.1, -0.05) is 78.9 Å². The van der Waals surface area contributed by atoms with Crippen molar-refractivity contribution in [2.24, 2.45) is 0 Å². The van der Waals surface area contributed by atoms with E-state index < -0.39 is 40.2 Å². The second-order valence-electron chi connectivity index (χ2n) is 10.7. The molecule has 2 amide bonds. The molecule has 4 rings (SSSR count). The lowest BCUT2D eigenvalue weighted by molar-refractivity contribution is -0.141. The predicted octanol–water partition coefficient (Wildman–Crippen LogP) is 4.73. The van der Waals surface area contributed by atoms with Crippen LogP contribution in [0.2, 0.25) is 0 Å². The summed E-state index contributed by atoms with van der Waals surface area (Å²) in [5, 5.41) is 2.95. The summed E-state index contributed by atoms with van der Waals surface area (Å²) in [5.41, 5.74) is 2.72. The molecule has 0 fully saturated rings. The largest absolute Gasteiger partial charge is 0.493 e. The van der Waals surface area contributed by atoms with E-state index in [1.165, 1.54) is 29.2 Å². The van der Waals surface area contributed by atoms with Crippen LogP contribution in [0.25, 0.3) is 0 Å². The zero-order valence-electron chi connectivity index (χ0n) is 26.1. The fourth-order valence-electron chi connectivity index (χ4n) is 5.00. The van der Waals surface area contributed by atoms with E-state index in [0.29, 0.717) is 34.6 Å². The second-order valence-corrected chi connectivity index (χ2v) is 12.7. The highest BCUT2D eigenvalue weighted by Gasteiger charge is 2.33. The molecule has 0 saturated heterocycles. The number of carbonyl (C=O) groups is 2. The number of hydrogen-bond acceptors (Lipinski definition) is 6. The maximum Gasteiger partial charge on any atom is 0.247 e. The van der Waals surface area contributed by atoms with Gasteiger partial charge in [0.15, 0.2) is 11.5 Å². The molecule has 1 atom stereocenters. The molecule has 242 valence electrons. The molecule has 0 unspecified atom stereocenters. The summed E-state index contributed by atoms with van der Waals surface area (Å²) >= 11 is 0. The van der Waals surface area contributed by atoms with Crippen molar-refractivity contribution in [3.63, 3.8) is 0 Å². The van der Waals surface area contributed by atoms with Crippen LogP contribution in [0.5, 0.6) is 11.5 Å². The van der Waals surface area contributed by atoms with Crippen molar-refractivity contribution in [2.45, 2.75) is 25.6 Å². The molecule has 4 aromatic rings. The van der Waals surface area contributed by atoms with Crippen LogP contribution in [-0.2, 0) is 39.1 Å². The number of carbonyl (C=O) groups excluding carboxylic acids is 2. The van der Waals surface area contributed by atoms with Crippen LogP contribution in [-0.4, -0.2) is 63.0 Å². The Morgan fingerprint density at radius 1 is 0.783 bits per heavy atom. The lowest BCUT2D eigenvalue weighted by Gasteiger charge is -2.33. The highest BCUT2D eigenvalue weighted by molar-refractivity contribution is 7.88. The van der Waals surface area contributed by atoms with Crippen molar-refractivity contribution in [1.82, 2.24) is 14.5 Å². The Bertz CT molecular complexity index is 1700. The maximum atomic E-state index is 14.1. The zero-order chi connectivity index (χ0) is 33.1. The number of benzene rings is 4. The summed E-state index contributed by atoms with van der Waals surface area (Å²) in [5.74, 6) is -0.328. The van der Waals surface area contributed by atoms with Crippen LogP contribution in [0, 0.1) is 5.82 Å². The Labute approximate surface area is 269 Å². The third-order valence-corrected chi connectivity index (χ3v) is 8.60. The summed E-state index contributed by atoms with van der Waals surface area (Å²) in [6.07, 6.45) is 1.52. The number of ether oxygens (including phenoxy) is 2. The van der Waals surface area contributed by atoms with Crippen molar-refractivity contribution in [3.8, 4) is 11.5 Å². The van der Waals surface area contributed by atoms with Gasteiger partial charge in [0.2, 0.25) is 21.8 Å². The molecule has 0 bridgehead atoms. The van der Waals surface area contributed by atoms with Crippen molar-refractivity contribution in [1.29, 1.82) is 0 Å². The van der Waals surface area contributed by atoms with Gasteiger partial charge in [-0.25, -0.2) is 12.8 Å². The molecular weight excluding hydrogens is 609 g/mol. The van der Waals surface area contributed by atoms with E-state index in [1.807, 2.05) is 18.2 Å². The number of nitrogens with zero attached hydrogens (tertiary/aromatic N) is 2. The lowest BCUT2D eigenvalue weighted by Crippen LogP contribution is -2.48. The fourth-order valence-corrected chi connectivity index (χ4v) is 5.73. The highest BCUT2D eigenvalue weighted by Crippen LogP contribution is 2.28. The minimum atomic E-state index is -3.82. The molecule has 0 aromatic heterocycles. The van der Waals surface area contributed by atoms with Gasteiger partial charge in [0.1, 0.15) is 11.9 Å². The number of sulfonamides is 1. The van der Waals surface area contributed by atoms with Crippen molar-refractivity contribution < 1.29 is 31.9 Å². The molecule has 0 heterocycles.